The average molecular weight is 343 g/mol. The fraction of sp³-hybridized carbons (Fsp3) is 0.647. The van der Waals surface area contributed by atoms with Gasteiger partial charge in [-0.15, -0.1) is 13.2 Å². The minimum atomic E-state index is -4.64. The largest absolute Gasteiger partial charge is 0.573 e. The van der Waals surface area contributed by atoms with Crippen LogP contribution in [0.15, 0.2) is 24.3 Å². The Labute approximate surface area is 140 Å². The second-order valence-electron chi connectivity index (χ2n) is 6.52. The molecule has 0 bridgehead atoms. The van der Waals surface area contributed by atoms with Crippen molar-refractivity contribution in [2.45, 2.75) is 31.8 Å². The maximum atomic E-state index is 12.2. The summed E-state index contributed by atoms with van der Waals surface area (Å²) >= 11 is 0. The number of alkyl halides is 3. The maximum absolute atomic E-state index is 12.2. The average Bonchev–Trinajstić information content (AvgIpc) is 3.04. The third-order valence-corrected chi connectivity index (χ3v) is 5.01. The summed E-state index contributed by atoms with van der Waals surface area (Å²) in [5.41, 5.74) is 1.02. The van der Waals surface area contributed by atoms with Crippen LogP contribution in [0.1, 0.15) is 24.9 Å². The number of nitrogens with one attached hydrogen (secondary N) is 1. The summed E-state index contributed by atoms with van der Waals surface area (Å²) in [6, 6.07) is 7.01. The van der Waals surface area contributed by atoms with Crippen LogP contribution in [-0.2, 0) is 0 Å². The van der Waals surface area contributed by atoms with Crippen LogP contribution in [0.2, 0.25) is 0 Å². The first kappa shape index (κ1) is 17.5. The van der Waals surface area contributed by atoms with Crippen LogP contribution >= 0.6 is 0 Å². The third kappa shape index (κ3) is 4.40. The lowest BCUT2D eigenvalue weighted by atomic mass is 10.1. The van der Waals surface area contributed by atoms with Gasteiger partial charge >= 0.3 is 6.36 Å². The van der Waals surface area contributed by atoms with E-state index >= 15 is 0 Å². The quantitative estimate of drug-likeness (QED) is 0.910. The maximum Gasteiger partial charge on any atom is 0.573 e. The highest BCUT2D eigenvalue weighted by molar-refractivity contribution is 5.29. The van der Waals surface area contributed by atoms with Gasteiger partial charge in [-0.25, -0.2) is 0 Å². The molecule has 0 radical (unpaired) electrons. The molecule has 1 N–H and O–H groups in total. The van der Waals surface area contributed by atoms with Crippen LogP contribution in [0.5, 0.6) is 5.75 Å². The molecule has 7 heteroatoms. The van der Waals surface area contributed by atoms with Crippen LogP contribution in [0.3, 0.4) is 0 Å². The van der Waals surface area contributed by atoms with Gasteiger partial charge in [0, 0.05) is 51.4 Å². The van der Waals surface area contributed by atoms with Crippen molar-refractivity contribution < 1.29 is 17.9 Å². The summed E-state index contributed by atoms with van der Waals surface area (Å²) in [4.78, 5) is 4.95. The van der Waals surface area contributed by atoms with E-state index in [0.717, 1.165) is 51.3 Å². The Kier molecular flexibility index (Phi) is 5.32. The second kappa shape index (κ2) is 7.29. The van der Waals surface area contributed by atoms with Crippen LogP contribution in [0, 0.1) is 0 Å². The van der Waals surface area contributed by atoms with Crippen molar-refractivity contribution in [3.63, 3.8) is 0 Å². The summed E-state index contributed by atoms with van der Waals surface area (Å²) < 4.78 is 40.6. The Bertz CT molecular complexity index is 529. The molecule has 0 amide bonds. The van der Waals surface area contributed by atoms with Crippen LogP contribution < -0.4 is 10.1 Å². The van der Waals surface area contributed by atoms with E-state index in [1.165, 1.54) is 12.1 Å². The zero-order valence-corrected chi connectivity index (χ0v) is 13.9. The summed E-state index contributed by atoms with van der Waals surface area (Å²) in [5, 5.41) is 3.37. The molecule has 134 valence electrons. The first-order chi connectivity index (χ1) is 11.4. The molecule has 2 atom stereocenters. The van der Waals surface area contributed by atoms with Gasteiger partial charge in [0.05, 0.1) is 0 Å². The summed E-state index contributed by atoms with van der Waals surface area (Å²) in [6.45, 7) is 8.43. The first-order valence-corrected chi connectivity index (χ1v) is 8.47. The van der Waals surface area contributed by atoms with E-state index in [-0.39, 0.29) is 11.8 Å². The van der Waals surface area contributed by atoms with E-state index in [4.69, 9.17) is 0 Å². The lowest BCUT2D eigenvalue weighted by molar-refractivity contribution is -0.274. The van der Waals surface area contributed by atoms with Gasteiger partial charge in [0.2, 0.25) is 0 Å². The predicted molar refractivity (Wildman–Crippen MR) is 86.0 cm³/mol. The van der Waals surface area contributed by atoms with Crippen molar-refractivity contribution in [2.75, 3.05) is 39.3 Å². The van der Waals surface area contributed by atoms with Crippen molar-refractivity contribution in [3.8, 4) is 5.75 Å². The van der Waals surface area contributed by atoms with Crippen LogP contribution in [-0.4, -0.2) is 61.5 Å². The number of benzene rings is 1. The summed E-state index contributed by atoms with van der Waals surface area (Å²) in [5.74, 6) is -0.168. The standard InChI is InChI=1S/C17H24F3N3O/c1-13(14-2-4-16(5-3-14)24-17(18,19)20)23-9-6-15(12-23)22-10-7-21-8-11-22/h2-5,13,15,21H,6-12H2,1H3. The molecular formula is C17H24F3N3O. The number of halogens is 3. The van der Waals surface area contributed by atoms with Gasteiger partial charge < -0.3 is 10.1 Å². The summed E-state index contributed by atoms with van der Waals surface area (Å²) in [6.07, 6.45) is -3.49. The summed E-state index contributed by atoms with van der Waals surface area (Å²) in [7, 11) is 0. The third-order valence-electron chi connectivity index (χ3n) is 5.01. The Morgan fingerprint density at radius 1 is 1.12 bits per heavy atom. The van der Waals surface area contributed by atoms with Gasteiger partial charge in [0.1, 0.15) is 5.75 Å². The minimum absolute atomic E-state index is 0.168. The molecule has 0 spiro atoms. The van der Waals surface area contributed by atoms with Crippen molar-refractivity contribution in [2.24, 2.45) is 0 Å². The number of hydrogen-bond acceptors (Lipinski definition) is 4. The van der Waals surface area contributed by atoms with E-state index in [0.29, 0.717) is 6.04 Å². The zero-order chi connectivity index (χ0) is 17.2. The Hall–Kier alpha value is -1.31. The van der Waals surface area contributed by atoms with E-state index < -0.39 is 6.36 Å². The number of nitrogens with zero attached hydrogens (tertiary/aromatic N) is 2. The molecule has 1 aromatic rings. The minimum Gasteiger partial charge on any atom is -0.406 e. The van der Waals surface area contributed by atoms with Gasteiger partial charge in [0.25, 0.3) is 0 Å². The number of rotatable bonds is 4. The number of hydrogen-bond donors (Lipinski definition) is 1. The topological polar surface area (TPSA) is 27.7 Å². The lowest BCUT2D eigenvalue weighted by Crippen LogP contribution is -2.49. The number of piperazine rings is 1. The van der Waals surface area contributed by atoms with Gasteiger partial charge in [-0.05, 0) is 31.0 Å². The normalized spacial score (nSPS) is 24.9. The monoisotopic (exact) mass is 343 g/mol. The highest BCUT2D eigenvalue weighted by atomic mass is 19.4. The number of likely N-dealkylation sites (tertiary alicyclic amines) is 1. The van der Waals surface area contributed by atoms with Gasteiger partial charge in [0.15, 0.2) is 0 Å². The fourth-order valence-electron chi connectivity index (χ4n) is 3.62. The van der Waals surface area contributed by atoms with Crippen molar-refractivity contribution in [1.29, 1.82) is 0 Å². The molecule has 3 rings (SSSR count). The molecule has 1 aromatic carbocycles. The molecule has 2 fully saturated rings. The predicted octanol–water partition coefficient (Wildman–Crippen LogP) is 2.63. The molecule has 2 saturated heterocycles. The Balaban J connectivity index is 1.57. The molecule has 0 aromatic heterocycles. The van der Waals surface area contributed by atoms with E-state index in [1.807, 2.05) is 0 Å². The zero-order valence-electron chi connectivity index (χ0n) is 13.9. The molecule has 2 unspecified atom stereocenters. The van der Waals surface area contributed by atoms with Crippen LogP contribution in [0.4, 0.5) is 13.2 Å². The molecular weight excluding hydrogens is 319 g/mol. The SMILES string of the molecule is CC(c1ccc(OC(F)(F)F)cc1)N1CCC(N2CCNCC2)C1. The first-order valence-electron chi connectivity index (χ1n) is 8.47. The highest BCUT2D eigenvalue weighted by Gasteiger charge is 2.32. The van der Waals surface area contributed by atoms with Crippen LogP contribution in [0.25, 0.3) is 0 Å². The Morgan fingerprint density at radius 3 is 2.42 bits per heavy atom. The smallest absolute Gasteiger partial charge is 0.406 e. The lowest BCUT2D eigenvalue weighted by Gasteiger charge is -2.33. The Morgan fingerprint density at radius 2 is 1.79 bits per heavy atom. The van der Waals surface area contributed by atoms with E-state index in [1.54, 1.807) is 12.1 Å². The molecule has 0 aliphatic carbocycles. The highest BCUT2D eigenvalue weighted by Crippen LogP contribution is 2.29. The van der Waals surface area contributed by atoms with Gasteiger partial charge in [-0.1, -0.05) is 12.1 Å². The molecule has 2 aliphatic rings. The molecule has 2 aliphatic heterocycles. The second-order valence-corrected chi connectivity index (χ2v) is 6.52. The van der Waals surface area contributed by atoms with Crippen molar-refractivity contribution >= 4 is 0 Å². The van der Waals surface area contributed by atoms with Crippen molar-refractivity contribution in [3.05, 3.63) is 29.8 Å². The molecule has 24 heavy (non-hydrogen) atoms. The van der Waals surface area contributed by atoms with Gasteiger partial charge in [-0.3, -0.25) is 9.80 Å². The van der Waals surface area contributed by atoms with Crippen molar-refractivity contribution in [1.82, 2.24) is 15.1 Å². The van der Waals surface area contributed by atoms with E-state index in [2.05, 4.69) is 26.8 Å². The van der Waals surface area contributed by atoms with Gasteiger partial charge in [-0.2, -0.15) is 0 Å². The fourth-order valence-corrected chi connectivity index (χ4v) is 3.62. The van der Waals surface area contributed by atoms with E-state index in [9.17, 15) is 13.2 Å². The molecule has 0 saturated carbocycles. The molecule has 4 nitrogen and oxygen atoms in total. The number of ether oxygens (including phenoxy) is 1. The molecule has 2 heterocycles.